The Balaban J connectivity index is 2.19. The fourth-order valence-corrected chi connectivity index (χ4v) is 2.10. The summed E-state index contributed by atoms with van der Waals surface area (Å²) in [6, 6.07) is 5.31. The molecular formula is C10H10N6O2. The predicted molar refractivity (Wildman–Crippen MR) is 62.9 cm³/mol. The van der Waals surface area contributed by atoms with Gasteiger partial charge in [-0.25, -0.2) is 4.79 Å². The van der Waals surface area contributed by atoms with Crippen molar-refractivity contribution in [3.05, 3.63) is 24.0 Å². The van der Waals surface area contributed by atoms with Crippen molar-refractivity contribution in [3.63, 3.8) is 0 Å². The van der Waals surface area contributed by atoms with Crippen molar-refractivity contribution in [1.82, 2.24) is 20.2 Å². The zero-order chi connectivity index (χ0) is 12.7. The molecule has 1 aromatic heterocycles. The molecule has 0 saturated carbocycles. The number of aromatic nitrogens is 4. The lowest BCUT2D eigenvalue weighted by Gasteiger charge is -2.28. The van der Waals surface area contributed by atoms with Crippen molar-refractivity contribution in [2.45, 2.75) is 6.54 Å². The first-order valence-electron chi connectivity index (χ1n) is 5.28. The number of hydrogen-bond acceptors (Lipinski definition) is 5. The van der Waals surface area contributed by atoms with E-state index in [1.54, 1.807) is 16.8 Å². The average molecular weight is 246 g/mol. The minimum Gasteiger partial charge on any atom is -0.465 e. The first-order valence-corrected chi connectivity index (χ1v) is 5.28. The van der Waals surface area contributed by atoms with Gasteiger partial charge in [-0.05, 0) is 22.6 Å². The highest BCUT2D eigenvalue weighted by Gasteiger charge is 2.24. The smallest absolute Gasteiger partial charge is 0.409 e. The standard InChI is InChI=1S/C10H10N6O2/c1-15-5-8-12-13-14-16(8)7-4-2-3-6(9(7)15)11-10(17)18/h2-4,11H,5H2,1H3,(H,17,18). The number of carbonyl (C=O) groups is 1. The number of fused-ring (bicyclic) bond motifs is 3. The topological polar surface area (TPSA) is 96.2 Å². The van der Waals surface area contributed by atoms with Gasteiger partial charge in [0.05, 0.1) is 23.6 Å². The average Bonchev–Trinajstić information content (AvgIpc) is 2.76. The van der Waals surface area contributed by atoms with Gasteiger partial charge in [-0.15, -0.1) is 5.10 Å². The molecule has 1 amide bonds. The fraction of sp³-hybridized carbons (Fsp3) is 0.200. The zero-order valence-corrected chi connectivity index (χ0v) is 9.53. The molecule has 8 nitrogen and oxygen atoms in total. The van der Waals surface area contributed by atoms with E-state index in [9.17, 15) is 4.79 Å². The van der Waals surface area contributed by atoms with Crippen LogP contribution in [0.15, 0.2) is 18.2 Å². The SMILES string of the molecule is CN1Cc2nnnn2-c2cccc(NC(=O)O)c21. The summed E-state index contributed by atoms with van der Waals surface area (Å²) in [5.74, 6) is 0.720. The van der Waals surface area contributed by atoms with E-state index in [4.69, 9.17) is 5.11 Å². The van der Waals surface area contributed by atoms with Gasteiger partial charge in [0.15, 0.2) is 5.82 Å². The van der Waals surface area contributed by atoms with E-state index < -0.39 is 6.09 Å². The van der Waals surface area contributed by atoms with E-state index in [0.29, 0.717) is 12.2 Å². The summed E-state index contributed by atoms with van der Waals surface area (Å²) in [6.45, 7) is 0.526. The van der Waals surface area contributed by atoms with E-state index in [2.05, 4.69) is 20.8 Å². The molecule has 0 unspecified atom stereocenters. The van der Waals surface area contributed by atoms with Gasteiger partial charge in [0, 0.05) is 7.05 Å². The number of para-hydroxylation sites is 1. The highest BCUT2D eigenvalue weighted by atomic mass is 16.4. The monoisotopic (exact) mass is 246 g/mol. The maximum atomic E-state index is 10.8. The lowest BCUT2D eigenvalue weighted by Crippen LogP contribution is -2.27. The molecule has 1 aliphatic heterocycles. The highest BCUT2D eigenvalue weighted by molar-refractivity contribution is 5.91. The molecule has 1 aliphatic rings. The van der Waals surface area contributed by atoms with Crippen molar-refractivity contribution in [1.29, 1.82) is 0 Å². The zero-order valence-electron chi connectivity index (χ0n) is 9.53. The summed E-state index contributed by atoms with van der Waals surface area (Å²) in [5, 5.41) is 22.7. The van der Waals surface area contributed by atoms with Crippen molar-refractivity contribution in [2.24, 2.45) is 0 Å². The van der Waals surface area contributed by atoms with Gasteiger partial charge in [-0.2, -0.15) is 4.68 Å². The fourth-order valence-electron chi connectivity index (χ4n) is 2.10. The Morgan fingerprint density at radius 1 is 1.50 bits per heavy atom. The van der Waals surface area contributed by atoms with Gasteiger partial charge in [0.2, 0.25) is 0 Å². The van der Waals surface area contributed by atoms with Crippen LogP contribution in [0.3, 0.4) is 0 Å². The molecule has 0 atom stereocenters. The van der Waals surface area contributed by atoms with Gasteiger partial charge < -0.3 is 10.0 Å². The quantitative estimate of drug-likeness (QED) is 0.769. The van der Waals surface area contributed by atoms with E-state index in [1.165, 1.54) is 0 Å². The molecule has 1 aromatic carbocycles. The van der Waals surface area contributed by atoms with E-state index in [-0.39, 0.29) is 0 Å². The maximum absolute atomic E-state index is 10.8. The summed E-state index contributed by atoms with van der Waals surface area (Å²) < 4.78 is 1.61. The first-order chi connectivity index (χ1) is 8.66. The third kappa shape index (κ3) is 1.46. The minimum atomic E-state index is -1.10. The second-order valence-electron chi connectivity index (χ2n) is 3.97. The van der Waals surface area contributed by atoms with Crippen LogP contribution < -0.4 is 10.2 Å². The number of amides is 1. The third-order valence-corrected chi connectivity index (χ3v) is 2.78. The normalized spacial score (nSPS) is 12.8. The number of nitrogens with zero attached hydrogens (tertiary/aromatic N) is 5. The Hall–Kier alpha value is -2.64. The molecule has 0 radical (unpaired) electrons. The molecule has 0 spiro atoms. The second-order valence-corrected chi connectivity index (χ2v) is 3.97. The molecule has 18 heavy (non-hydrogen) atoms. The Morgan fingerprint density at radius 3 is 3.11 bits per heavy atom. The molecule has 2 heterocycles. The molecule has 0 fully saturated rings. The maximum Gasteiger partial charge on any atom is 0.409 e. The van der Waals surface area contributed by atoms with Crippen molar-refractivity contribution < 1.29 is 9.90 Å². The second kappa shape index (κ2) is 3.69. The Labute approximate surface area is 102 Å². The molecular weight excluding hydrogens is 236 g/mol. The number of nitrogens with one attached hydrogen (secondary N) is 1. The number of tetrazole rings is 1. The summed E-state index contributed by atoms with van der Waals surface area (Å²) in [5.41, 5.74) is 2.04. The number of rotatable bonds is 1. The van der Waals surface area contributed by atoms with Gasteiger partial charge in [0.25, 0.3) is 0 Å². The lowest BCUT2D eigenvalue weighted by molar-refractivity contribution is 0.210. The largest absolute Gasteiger partial charge is 0.465 e. The van der Waals surface area contributed by atoms with Crippen LogP contribution in [-0.4, -0.2) is 38.5 Å². The third-order valence-electron chi connectivity index (χ3n) is 2.78. The molecule has 92 valence electrons. The summed E-state index contributed by atoms with van der Waals surface area (Å²) in [7, 11) is 1.87. The molecule has 0 saturated heterocycles. The van der Waals surface area contributed by atoms with Crippen LogP contribution in [0.4, 0.5) is 16.2 Å². The molecule has 0 bridgehead atoms. The molecule has 3 rings (SSSR count). The van der Waals surface area contributed by atoms with E-state index >= 15 is 0 Å². The predicted octanol–water partition coefficient (Wildman–Crippen LogP) is 0.702. The minimum absolute atomic E-state index is 0.517. The van der Waals surface area contributed by atoms with Crippen LogP contribution in [0.25, 0.3) is 5.69 Å². The molecule has 2 aromatic rings. The van der Waals surface area contributed by atoms with E-state index in [1.807, 2.05) is 18.0 Å². The van der Waals surface area contributed by atoms with Crippen LogP contribution in [0, 0.1) is 0 Å². The van der Waals surface area contributed by atoms with Crippen LogP contribution in [-0.2, 0) is 6.54 Å². The Bertz CT molecular complexity index is 623. The lowest BCUT2D eigenvalue weighted by atomic mass is 10.1. The van der Waals surface area contributed by atoms with Crippen molar-refractivity contribution in [2.75, 3.05) is 17.3 Å². The Morgan fingerprint density at radius 2 is 2.33 bits per heavy atom. The highest BCUT2D eigenvalue weighted by Crippen LogP contribution is 2.35. The molecule has 8 heteroatoms. The van der Waals surface area contributed by atoms with Gasteiger partial charge >= 0.3 is 6.09 Å². The first kappa shape index (κ1) is 10.5. The van der Waals surface area contributed by atoms with Crippen LogP contribution >= 0.6 is 0 Å². The van der Waals surface area contributed by atoms with Crippen molar-refractivity contribution >= 4 is 17.5 Å². The molecule has 0 aliphatic carbocycles. The number of benzene rings is 1. The van der Waals surface area contributed by atoms with Crippen LogP contribution in [0.1, 0.15) is 5.82 Å². The van der Waals surface area contributed by atoms with Crippen LogP contribution in [0.5, 0.6) is 0 Å². The van der Waals surface area contributed by atoms with Gasteiger partial charge in [-0.1, -0.05) is 6.07 Å². The Kier molecular flexibility index (Phi) is 2.15. The number of hydrogen-bond donors (Lipinski definition) is 2. The summed E-state index contributed by atoms with van der Waals surface area (Å²) >= 11 is 0. The van der Waals surface area contributed by atoms with Gasteiger partial charge in [-0.3, -0.25) is 5.32 Å². The van der Waals surface area contributed by atoms with E-state index in [0.717, 1.165) is 17.2 Å². The molecule has 2 N–H and O–H groups in total. The summed E-state index contributed by atoms with van der Waals surface area (Å²) in [6.07, 6.45) is -1.10. The van der Waals surface area contributed by atoms with Gasteiger partial charge in [0.1, 0.15) is 0 Å². The van der Waals surface area contributed by atoms with Crippen LogP contribution in [0.2, 0.25) is 0 Å². The summed E-state index contributed by atoms with van der Waals surface area (Å²) in [4.78, 5) is 12.7. The number of anilines is 2. The van der Waals surface area contributed by atoms with Crippen molar-refractivity contribution in [3.8, 4) is 5.69 Å². The number of carboxylic acid groups (broad SMARTS) is 1.